The van der Waals surface area contributed by atoms with Crippen LogP contribution in [0.1, 0.15) is 12.8 Å². The number of carboxylic acid groups (broad SMARTS) is 1. The molecule has 7 nitrogen and oxygen atoms in total. The van der Waals surface area contributed by atoms with Crippen LogP contribution in [0.3, 0.4) is 0 Å². The minimum atomic E-state index is -4.02. The zero-order valence-electron chi connectivity index (χ0n) is 12.6. The minimum absolute atomic E-state index is 0.0169. The van der Waals surface area contributed by atoms with Crippen molar-refractivity contribution in [3.63, 3.8) is 0 Å². The number of fused-ring (bicyclic) bond motifs is 1. The van der Waals surface area contributed by atoms with Crippen LogP contribution in [-0.2, 0) is 19.6 Å². The van der Waals surface area contributed by atoms with Crippen molar-refractivity contribution in [1.82, 2.24) is 4.31 Å². The number of benzene rings is 1. The van der Waals surface area contributed by atoms with Gasteiger partial charge in [-0.1, -0.05) is 12.1 Å². The summed E-state index contributed by atoms with van der Waals surface area (Å²) in [6.07, 6.45) is 1.84. The van der Waals surface area contributed by atoms with E-state index in [4.69, 9.17) is 9.15 Å². The van der Waals surface area contributed by atoms with Gasteiger partial charge in [-0.15, -0.1) is 0 Å². The van der Waals surface area contributed by atoms with Crippen molar-refractivity contribution in [3.8, 4) is 0 Å². The molecule has 0 saturated carbocycles. The summed E-state index contributed by atoms with van der Waals surface area (Å²) < 4.78 is 37.4. The maximum atomic E-state index is 13.1. The number of hydrogen-bond acceptors (Lipinski definition) is 5. The van der Waals surface area contributed by atoms with Crippen LogP contribution in [-0.4, -0.2) is 49.6 Å². The fourth-order valence-electron chi connectivity index (χ4n) is 3.13. The van der Waals surface area contributed by atoms with Gasteiger partial charge in [-0.25, -0.2) is 8.42 Å². The van der Waals surface area contributed by atoms with E-state index in [-0.39, 0.29) is 24.5 Å². The number of sulfonamides is 1. The maximum absolute atomic E-state index is 13.1. The van der Waals surface area contributed by atoms with E-state index in [0.717, 1.165) is 10.6 Å². The number of carbonyl (C=O) groups is 1. The first-order valence-corrected chi connectivity index (χ1v) is 8.59. The molecule has 1 aromatic carbocycles. The van der Waals surface area contributed by atoms with E-state index in [1.54, 1.807) is 24.3 Å². The highest BCUT2D eigenvalue weighted by molar-refractivity contribution is 7.89. The predicted molar refractivity (Wildman–Crippen MR) is 81.6 cm³/mol. The largest absolute Gasteiger partial charge is 0.480 e. The van der Waals surface area contributed by atoms with Crippen molar-refractivity contribution in [2.45, 2.75) is 23.3 Å². The molecule has 124 valence electrons. The SMILES string of the molecule is COCC1(C(=O)O)CCCN1S(=O)(=O)c1coc2ccccc12. The van der Waals surface area contributed by atoms with Gasteiger partial charge in [0.05, 0.1) is 6.61 Å². The van der Waals surface area contributed by atoms with Crippen LogP contribution in [0.4, 0.5) is 0 Å². The maximum Gasteiger partial charge on any atom is 0.327 e. The zero-order chi connectivity index (χ0) is 16.7. The van der Waals surface area contributed by atoms with E-state index in [9.17, 15) is 18.3 Å². The van der Waals surface area contributed by atoms with Gasteiger partial charge in [0, 0.05) is 19.0 Å². The van der Waals surface area contributed by atoms with Crippen LogP contribution in [0.2, 0.25) is 0 Å². The second kappa shape index (κ2) is 5.63. The molecule has 0 bridgehead atoms. The van der Waals surface area contributed by atoms with Crippen molar-refractivity contribution < 1.29 is 27.5 Å². The Morgan fingerprint density at radius 2 is 2.17 bits per heavy atom. The van der Waals surface area contributed by atoms with E-state index in [2.05, 4.69) is 0 Å². The standard InChI is InChI=1S/C15H17NO6S/c1-21-10-15(14(17)18)7-4-8-16(15)23(19,20)13-9-22-12-6-3-2-5-11(12)13/h2-3,5-6,9H,4,7-8,10H2,1H3,(H,17,18). The average Bonchev–Trinajstić information content (AvgIpc) is 3.12. The molecule has 3 rings (SSSR count). The monoisotopic (exact) mass is 339 g/mol. The molecule has 2 aromatic rings. The Morgan fingerprint density at radius 1 is 1.43 bits per heavy atom. The summed E-state index contributed by atoms with van der Waals surface area (Å²) in [4.78, 5) is 11.8. The van der Waals surface area contributed by atoms with Gasteiger partial charge in [-0.05, 0) is 25.0 Å². The van der Waals surface area contributed by atoms with Gasteiger partial charge < -0.3 is 14.3 Å². The second-order valence-electron chi connectivity index (χ2n) is 5.55. The molecule has 0 amide bonds. The lowest BCUT2D eigenvalue weighted by Crippen LogP contribution is -2.55. The van der Waals surface area contributed by atoms with Crippen LogP contribution < -0.4 is 0 Å². The molecule has 1 fully saturated rings. The van der Waals surface area contributed by atoms with Crippen molar-refractivity contribution in [2.75, 3.05) is 20.3 Å². The number of aliphatic carboxylic acids is 1. The summed E-state index contributed by atoms with van der Waals surface area (Å²) in [5.74, 6) is -1.20. The number of furan rings is 1. The van der Waals surface area contributed by atoms with E-state index in [1.165, 1.54) is 7.11 Å². The molecule has 0 aliphatic carbocycles. The number of ether oxygens (including phenoxy) is 1. The lowest BCUT2D eigenvalue weighted by Gasteiger charge is -2.32. The second-order valence-corrected chi connectivity index (χ2v) is 7.38. The molecular formula is C15H17NO6S. The summed E-state index contributed by atoms with van der Waals surface area (Å²) in [6.45, 7) is -0.0607. The molecule has 1 N–H and O–H groups in total. The molecule has 2 heterocycles. The van der Waals surface area contributed by atoms with E-state index in [0.29, 0.717) is 17.4 Å². The van der Waals surface area contributed by atoms with Gasteiger partial charge in [0.15, 0.2) is 5.54 Å². The van der Waals surface area contributed by atoms with Crippen LogP contribution >= 0.6 is 0 Å². The van der Waals surface area contributed by atoms with E-state index in [1.807, 2.05) is 0 Å². The molecular weight excluding hydrogens is 322 g/mol. The highest BCUT2D eigenvalue weighted by Gasteiger charge is 2.54. The average molecular weight is 339 g/mol. The Balaban J connectivity index is 2.13. The van der Waals surface area contributed by atoms with Crippen molar-refractivity contribution in [3.05, 3.63) is 30.5 Å². The van der Waals surface area contributed by atoms with E-state index < -0.39 is 21.5 Å². The molecule has 0 radical (unpaired) electrons. The van der Waals surface area contributed by atoms with Crippen LogP contribution in [0, 0.1) is 0 Å². The summed E-state index contributed by atoms with van der Waals surface area (Å²) >= 11 is 0. The molecule has 1 aromatic heterocycles. The fraction of sp³-hybridized carbons (Fsp3) is 0.400. The van der Waals surface area contributed by atoms with Crippen LogP contribution in [0.5, 0.6) is 0 Å². The summed E-state index contributed by atoms with van der Waals surface area (Å²) in [5.41, 5.74) is -1.13. The topological polar surface area (TPSA) is 97.0 Å². The van der Waals surface area contributed by atoms with Crippen molar-refractivity contribution in [1.29, 1.82) is 0 Å². The third-order valence-electron chi connectivity index (χ3n) is 4.22. The summed E-state index contributed by atoms with van der Waals surface area (Å²) in [7, 11) is -2.66. The normalized spacial score (nSPS) is 22.7. The molecule has 23 heavy (non-hydrogen) atoms. The predicted octanol–water partition coefficient (Wildman–Crippen LogP) is 1.69. The van der Waals surface area contributed by atoms with Crippen molar-refractivity contribution >= 4 is 27.0 Å². The first-order valence-electron chi connectivity index (χ1n) is 7.15. The molecule has 1 saturated heterocycles. The molecule has 1 aliphatic rings. The first-order chi connectivity index (χ1) is 10.9. The highest BCUT2D eigenvalue weighted by atomic mass is 32.2. The number of para-hydroxylation sites is 1. The molecule has 1 atom stereocenters. The summed E-state index contributed by atoms with van der Waals surface area (Å²) in [5, 5.41) is 10.1. The lowest BCUT2D eigenvalue weighted by molar-refractivity contribution is -0.150. The van der Waals surface area contributed by atoms with Gasteiger partial charge in [-0.3, -0.25) is 4.79 Å². The summed E-state index contributed by atoms with van der Waals surface area (Å²) in [6, 6.07) is 6.75. The third kappa shape index (κ3) is 2.34. The minimum Gasteiger partial charge on any atom is -0.480 e. The Labute approximate surface area is 133 Å². The lowest BCUT2D eigenvalue weighted by atomic mass is 9.99. The first kappa shape index (κ1) is 16.0. The van der Waals surface area contributed by atoms with Gasteiger partial charge in [0.2, 0.25) is 10.0 Å². The van der Waals surface area contributed by atoms with Gasteiger partial charge in [0.1, 0.15) is 16.7 Å². The zero-order valence-corrected chi connectivity index (χ0v) is 13.4. The number of methoxy groups -OCH3 is 1. The number of carboxylic acids is 1. The Bertz CT molecular complexity index is 843. The van der Waals surface area contributed by atoms with E-state index >= 15 is 0 Å². The molecule has 8 heteroatoms. The Morgan fingerprint density at radius 3 is 2.87 bits per heavy atom. The molecule has 1 unspecified atom stereocenters. The van der Waals surface area contributed by atoms with Gasteiger partial charge in [0.25, 0.3) is 0 Å². The number of nitrogens with zero attached hydrogens (tertiary/aromatic N) is 1. The van der Waals surface area contributed by atoms with Crippen LogP contribution in [0.25, 0.3) is 11.0 Å². The Hall–Kier alpha value is -1.90. The van der Waals surface area contributed by atoms with Gasteiger partial charge in [-0.2, -0.15) is 4.31 Å². The number of hydrogen-bond donors (Lipinski definition) is 1. The fourth-order valence-corrected chi connectivity index (χ4v) is 5.04. The molecule has 1 aliphatic heterocycles. The Kier molecular flexibility index (Phi) is 3.91. The molecule has 0 spiro atoms. The van der Waals surface area contributed by atoms with Crippen molar-refractivity contribution in [2.24, 2.45) is 0 Å². The smallest absolute Gasteiger partial charge is 0.327 e. The van der Waals surface area contributed by atoms with Gasteiger partial charge >= 0.3 is 5.97 Å². The quantitative estimate of drug-likeness (QED) is 0.890. The van der Waals surface area contributed by atoms with Crippen LogP contribution in [0.15, 0.2) is 39.8 Å². The number of rotatable bonds is 5. The highest BCUT2D eigenvalue weighted by Crippen LogP contribution is 2.37. The third-order valence-corrected chi connectivity index (χ3v) is 6.21.